The standard InChI is InChI=1S/C5H9NO3.C5H9NO2.C2H5NO2/c7-5(8)4-2-1-3-6(4)9;7-5(8)4-2-1-3-6-4;3-1-2(4)5/h4,9H,1-3H2,(H,7,8);4,6H,1-3H2,(H,7,8);1,3H2,(H,4,5)/t2*4-;/m00./s1. The molecule has 2 aliphatic rings. The normalized spacial score (nSPS) is 23.7. The third-order valence-corrected chi connectivity index (χ3v) is 3.04. The first-order valence-electron chi connectivity index (χ1n) is 6.86. The number of carboxylic acids is 3. The maximum Gasteiger partial charge on any atom is 0.323 e. The molecule has 0 aliphatic carbocycles. The summed E-state index contributed by atoms with van der Waals surface area (Å²) in [4.78, 5) is 29.6. The molecule has 128 valence electrons. The van der Waals surface area contributed by atoms with Crippen molar-refractivity contribution < 1.29 is 34.9 Å². The van der Waals surface area contributed by atoms with Crippen LogP contribution in [0.25, 0.3) is 0 Å². The summed E-state index contributed by atoms with van der Waals surface area (Å²) in [7, 11) is 0. The van der Waals surface area contributed by atoms with Gasteiger partial charge in [0, 0.05) is 6.54 Å². The van der Waals surface area contributed by atoms with E-state index in [1.807, 2.05) is 0 Å². The van der Waals surface area contributed by atoms with E-state index in [4.69, 9.17) is 20.5 Å². The van der Waals surface area contributed by atoms with E-state index >= 15 is 0 Å². The topological polar surface area (TPSA) is 173 Å². The first-order valence-corrected chi connectivity index (χ1v) is 6.86. The molecule has 0 spiro atoms. The fourth-order valence-electron chi connectivity index (χ4n) is 1.90. The average Bonchev–Trinajstić information content (AvgIpc) is 3.10. The minimum absolute atomic E-state index is 0.269. The van der Waals surface area contributed by atoms with Gasteiger partial charge in [-0.1, -0.05) is 0 Å². The van der Waals surface area contributed by atoms with Crippen molar-refractivity contribution in [3.63, 3.8) is 0 Å². The van der Waals surface area contributed by atoms with E-state index in [1.165, 1.54) is 0 Å². The Balaban J connectivity index is 0.000000315. The molecule has 0 amide bonds. The van der Waals surface area contributed by atoms with Crippen LogP contribution in [0.4, 0.5) is 0 Å². The number of nitrogens with one attached hydrogen (secondary N) is 1. The quantitative estimate of drug-likeness (QED) is 0.369. The number of nitrogens with zero attached hydrogens (tertiary/aromatic N) is 1. The molecule has 0 aromatic heterocycles. The molecular formula is C12H23N3O7. The molecule has 0 aromatic carbocycles. The van der Waals surface area contributed by atoms with Crippen LogP contribution < -0.4 is 11.1 Å². The van der Waals surface area contributed by atoms with Crippen LogP contribution in [0, 0.1) is 0 Å². The fraction of sp³-hybridized carbons (Fsp3) is 0.750. The summed E-state index contributed by atoms with van der Waals surface area (Å²) in [5.41, 5.74) is 4.57. The van der Waals surface area contributed by atoms with Crippen LogP contribution >= 0.6 is 0 Å². The lowest BCUT2D eigenvalue weighted by Crippen LogP contribution is -2.32. The van der Waals surface area contributed by atoms with Crippen molar-refractivity contribution in [2.75, 3.05) is 19.6 Å². The van der Waals surface area contributed by atoms with E-state index < -0.39 is 23.9 Å². The summed E-state index contributed by atoms with van der Waals surface area (Å²) in [6.07, 6.45) is 3.12. The molecule has 0 bridgehead atoms. The Bertz CT molecular complexity index is 372. The van der Waals surface area contributed by atoms with Gasteiger partial charge in [0.2, 0.25) is 0 Å². The van der Waals surface area contributed by atoms with Crippen LogP contribution in [0.2, 0.25) is 0 Å². The largest absolute Gasteiger partial charge is 0.480 e. The maximum atomic E-state index is 10.2. The van der Waals surface area contributed by atoms with E-state index in [9.17, 15) is 14.4 Å². The van der Waals surface area contributed by atoms with Crippen LogP contribution in [-0.4, -0.2) is 75.2 Å². The first-order chi connectivity index (χ1) is 10.3. The molecule has 2 heterocycles. The molecule has 0 unspecified atom stereocenters. The van der Waals surface area contributed by atoms with Crippen LogP contribution in [0.5, 0.6) is 0 Å². The van der Waals surface area contributed by atoms with Crippen molar-refractivity contribution in [1.29, 1.82) is 0 Å². The highest BCUT2D eigenvalue weighted by molar-refractivity contribution is 5.74. The fourth-order valence-corrected chi connectivity index (χ4v) is 1.90. The summed E-state index contributed by atoms with van der Waals surface area (Å²) in [5, 5.41) is 36.9. The lowest BCUT2D eigenvalue weighted by Gasteiger charge is -2.11. The number of aliphatic carboxylic acids is 3. The van der Waals surface area contributed by atoms with E-state index in [1.54, 1.807) is 0 Å². The highest BCUT2D eigenvalue weighted by atomic mass is 16.5. The molecular weight excluding hydrogens is 298 g/mol. The van der Waals surface area contributed by atoms with Crippen molar-refractivity contribution >= 4 is 17.9 Å². The zero-order valence-corrected chi connectivity index (χ0v) is 12.1. The number of hydroxylamine groups is 2. The summed E-state index contributed by atoms with van der Waals surface area (Å²) in [6, 6.07) is -0.931. The number of carbonyl (C=O) groups is 3. The molecule has 0 aromatic rings. The predicted molar refractivity (Wildman–Crippen MR) is 74.5 cm³/mol. The zero-order chi connectivity index (χ0) is 17.1. The zero-order valence-electron chi connectivity index (χ0n) is 12.1. The van der Waals surface area contributed by atoms with Gasteiger partial charge in [-0.05, 0) is 32.2 Å². The Kier molecular flexibility index (Phi) is 10.0. The highest BCUT2D eigenvalue weighted by Gasteiger charge is 2.28. The smallest absolute Gasteiger partial charge is 0.323 e. The minimum atomic E-state index is -0.968. The van der Waals surface area contributed by atoms with Gasteiger partial charge < -0.3 is 31.6 Å². The third kappa shape index (κ3) is 8.52. The lowest BCUT2D eigenvalue weighted by molar-refractivity contribution is -0.161. The SMILES string of the molecule is NCC(=O)O.O=C(O)[C@@H]1CCCN1.O=C(O)[C@@H]1CCCN1O. The monoisotopic (exact) mass is 321 g/mol. The number of nitrogens with two attached hydrogens (primary N) is 1. The Morgan fingerprint density at radius 1 is 1.09 bits per heavy atom. The molecule has 7 N–H and O–H groups in total. The second-order valence-corrected chi connectivity index (χ2v) is 4.74. The Morgan fingerprint density at radius 3 is 1.86 bits per heavy atom. The summed E-state index contributed by atoms with van der Waals surface area (Å²) >= 11 is 0. The summed E-state index contributed by atoms with van der Waals surface area (Å²) < 4.78 is 0. The van der Waals surface area contributed by atoms with E-state index in [-0.39, 0.29) is 12.6 Å². The Hall–Kier alpha value is -1.75. The molecule has 0 radical (unpaired) electrons. The Labute approximate surface area is 127 Å². The number of carboxylic acid groups (broad SMARTS) is 3. The molecule has 2 aliphatic heterocycles. The van der Waals surface area contributed by atoms with Gasteiger partial charge in [-0.15, -0.1) is 0 Å². The van der Waals surface area contributed by atoms with Crippen molar-refractivity contribution in [2.45, 2.75) is 37.8 Å². The molecule has 2 fully saturated rings. The van der Waals surface area contributed by atoms with Crippen LogP contribution in [0.1, 0.15) is 25.7 Å². The molecule has 22 heavy (non-hydrogen) atoms. The second-order valence-electron chi connectivity index (χ2n) is 4.74. The van der Waals surface area contributed by atoms with E-state index in [0.717, 1.165) is 30.9 Å². The van der Waals surface area contributed by atoms with Gasteiger partial charge in [-0.2, -0.15) is 5.06 Å². The van der Waals surface area contributed by atoms with Crippen molar-refractivity contribution in [1.82, 2.24) is 10.4 Å². The van der Waals surface area contributed by atoms with Crippen molar-refractivity contribution in [3.05, 3.63) is 0 Å². The van der Waals surface area contributed by atoms with Gasteiger partial charge in [-0.25, -0.2) is 0 Å². The average molecular weight is 321 g/mol. The van der Waals surface area contributed by atoms with Gasteiger partial charge in [0.05, 0.1) is 6.54 Å². The molecule has 0 saturated carbocycles. The number of hydrogen-bond donors (Lipinski definition) is 6. The third-order valence-electron chi connectivity index (χ3n) is 3.04. The lowest BCUT2D eigenvalue weighted by atomic mass is 10.2. The molecule has 2 rings (SSSR count). The van der Waals surface area contributed by atoms with Crippen molar-refractivity contribution in [2.24, 2.45) is 5.73 Å². The Morgan fingerprint density at radius 2 is 1.68 bits per heavy atom. The van der Waals surface area contributed by atoms with Crippen LogP contribution in [0.15, 0.2) is 0 Å². The molecule has 10 nitrogen and oxygen atoms in total. The number of rotatable bonds is 3. The van der Waals surface area contributed by atoms with Crippen LogP contribution in [0.3, 0.4) is 0 Å². The van der Waals surface area contributed by atoms with Crippen molar-refractivity contribution in [3.8, 4) is 0 Å². The first kappa shape index (κ1) is 20.2. The predicted octanol–water partition coefficient (Wildman–Crippen LogP) is -1.22. The maximum absolute atomic E-state index is 10.2. The molecule has 2 saturated heterocycles. The van der Waals surface area contributed by atoms with Gasteiger partial charge in [0.15, 0.2) is 0 Å². The summed E-state index contributed by atoms with van der Waals surface area (Å²) in [5.74, 6) is -2.62. The second kappa shape index (κ2) is 10.9. The van der Waals surface area contributed by atoms with Gasteiger partial charge >= 0.3 is 17.9 Å². The van der Waals surface area contributed by atoms with Gasteiger partial charge in [0.1, 0.15) is 12.1 Å². The van der Waals surface area contributed by atoms with E-state index in [2.05, 4.69) is 11.1 Å². The molecule has 2 atom stereocenters. The summed E-state index contributed by atoms with van der Waals surface area (Å²) in [6.45, 7) is 1.06. The molecule has 10 heteroatoms. The van der Waals surface area contributed by atoms with Crippen LogP contribution in [-0.2, 0) is 14.4 Å². The highest BCUT2D eigenvalue weighted by Crippen LogP contribution is 2.13. The van der Waals surface area contributed by atoms with Gasteiger partial charge in [0.25, 0.3) is 0 Å². The minimum Gasteiger partial charge on any atom is -0.480 e. The number of hydrogen-bond acceptors (Lipinski definition) is 7. The van der Waals surface area contributed by atoms with Gasteiger partial charge in [-0.3, -0.25) is 14.4 Å². The van der Waals surface area contributed by atoms with E-state index in [0.29, 0.717) is 13.0 Å².